The van der Waals surface area contributed by atoms with Gasteiger partial charge in [0.2, 0.25) is 0 Å². The van der Waals surface area contributed by atoms with Crippen molar-refractivity contribution in [3.63, 3.8) is 0 Å². The number of para-hydroxylation sites is 1. The second kappa shape index (κ2) is 9.30. The first kappa shape index (κ1) is 16.6. The van der Waals surface area contributed by atoms with Crippen LogP contribution in [0.5, 0.6) is 5.75 Å². The summed E-state index contributed by atoms with van der Waals surface area (Å²) in [6.07, 6.45) is 3.35. The van der Waals surface area contributed by atoms with Gasteiger partial charge in [0.1, 0.15) is 12.4 Å². The summed E-state index contributed by atoms with van der Waals surface area (Å²) >= 11 is 0. The predicted molar refractivity (Wildman–Crippen MR) is 91.3 cm³/mol. The summed E-state index contributed by atoms with van der Waals surface area (Å²) in [6, 6.07) is 17.3. The van der Waals surface area contributed by atoms with Crippen LogP contribution in [-0.2, 0) is 11.3 Å². The number of hydrogen-bond donors (Lipinski definition) is 1. The van der Waals surface area contributed by atoms with E-state index in [4.69, 9.17) is 9.47 Å². The van der Waals surface area contributed by atoms with E-state index < -0.39 is 6.09 Å². The molecule has 1 amide bonds. The van der Waals surface area contributed by atoms with Gasteiger partial charge in [-0.2, -0.15) is 0 Å². The van der Waals surface area contributed by atoms with Crippen LogP contribution in [0.3, 0.4) is 0 Å². The summed E-state index contributed by atoms with van der Waals surface area (Å²) in [5.74, 6) is 0.831. The topological polar surface area (TPSA) is 47.6 Å². The molecule has 0 unspecified atom stereocenters. The second-order valence-electron chi connectivity index (χ2n) is 4.82. The Labute approximate surface area is 136 Å². The van der Waals surface area contributed by atoms with Gasteiger partial charge < -0.3 is 14.8 Å². The van der Waals surface area contributed by atoms with E-state index in [1.54, 1.807) is 0 Å². The Morgan fingerprint density at radius 2 is 1.83 bits per heavy atom. The monoisotopic (exact) mass is 311 g/mol. The quantitative estimate of drug-likeness (QED) is 0.840. The summed E-state index contributed by atoms with van der Waals surface area (Å²) in [5, 5.41) is 2.69. The molecule has 23 heavy (non-hydrogen) atoms. The van der Waals surface area contributed by atoms with Crippen molar-refractivity contribution in [3.8, 4) is 5.75 Å². The van der Waals surface area contributed by atoms with Crippen LogP contribution in [0.1, 0.15) is 18.1 Å². The molecule has 0 radical (unpaired) electrons. The largest absolute Gasteiger partial charge is 0.493 e. The molecule has 0 aromatic heterocycles. The van der Waals surface area contributed by atoms with E-state index >= 15 is 0 Å². The van der Waals surface area contributed by atoms with Gasteiger partial charge in [0.15, 0.2) is 0 Å². The first-order valence-corrected chi connectivity index (χ1v) is 7.62. The molecular formula is C19H21NO3. The highest BCUT2D eigenvalue weighted by atomic mass is 16.5. The minimum absolute atomic E-state index is 0.267. The molecule has 0 bridgehead atoms. The Morgan fingerprint density at radius 1 is 1.09 bits per heavy atom. The van der Waals surface area contributed by atoms with Crippen LogP contribution in [0.2, 0.25) is 0 Å². The van der Waals surface area contributed by atoms with Crippen molar-refractivity contribution in [3.05, 3.63) is 71.8 Å². The van der Waals surface area contributed by atoms with Crippen LogP contribution in [0.15, 0.2) is 60.7 Å². The Hall–Kier alpha value is -2.75. The first-order chi connectivity index (χ1) is 11.3. The highest BCUT2D eigenvalue weighted by molar-refractivity contribution is 5.67. The normalized spacial score (nSPS) is 10.5. The summed E-state index contributed by atoms with van der Waals surface area (Å²) in [7, 11) is 0. The summed E-state index contributed by atoms with van der Waals surface area (Å²) in [6.45, 7) is 3.23. The molecular weight excluding hydrogens is 290 g/mol. The molecule has 1 N–H and O–H groups in total. The minimum atomic E-state index is -0.434. The minimum Gasteiger partial charge on any atom is -0.493 e. The SMILES string of the molecule is CCOc1ccccc1C=CCNC(=O)OCc1ccccc1. The van der Waals surface area contributed by atoms with Crippen molar-refractivity contribution < 1.29 is 14.3 Å². The van der Waals surface area contributed by atoms with Crippen molar-refractivity contribution in [2.75, 3.05) is 13.2 Å². The fraction of sp³-hybridized carbons (Fsp3) is 0.211. The predicted octanol–water partition coefficient (Wildman–Crippen LogP) is 4.02. The Kier molecular flexibility index (Phi) is 6.72. The lowest BCUT2D eigenvalue weighted by Crippen LogP contribution is -2.24. The highest BCUT2D eigenvalue weighted by Crippen LogP contribution is 2.19. The number of amides is 1. The molecule has 0 fully saturated rings. The molecule has 4 heteroatoms. The number of rotatable bonds is 7. The van der Waals surface area contributed by atoms with Gasteiger partial charge in [0, 0.05) is 12.1 Å². The Balaban J connectivity index is 1.75. The van der Waals surface area contributed by atoms with Gasteiger partial charge in [-0.15, -0.1) is 0 Å². The van der Waals surface area contributed by atoms with Crippen LogP contribution in [0.4, 0.5) is 4.79 Å². The van der Waals surface area contributed by atoms with Crippen LogP contribution >= 0.6 is 0 Å². The highest BCUT2D eigenvalue weighted by Gasteiger charge is 2.01. The third kappa shape index (κ3) is 5.87. The van der Waals surface area contributed by atoms with E-state index in [-0.39, 0.29) is 6.61 Å². The summed E-state index contributed by atoms with van der Waals surface area (Å²) < 4.78 is 10.7. The molecule has 2 aromatic carbocycles. The second-order valence-corrected chi connectivity index (χ2v) is 4.82. The smallest absolute Gasteiger partial charge is 0.407 e. The fourth-order valence-corrected chi connectivity index (χ4v) is 2.01. The first-order valence-electron chi connectivity index (χ1n) is 7.62. The maximum Gasteiger partial charge on any atom is 0.407 e. The maximum atomic E-state index is 11.6. The lowest BCUT2D eigenvalue weighted by atomic mass is 10.2. The van der Waals surface area contributed by atoms with E-state index in [0.29, 0.717) is 13.2 Å². The number of benzene rings is 2. The zero-order chi connectivity index (χ0) is 16.3. The number of carbonyl (C=O) groups excluding carboxylic acids is 1. The Morgan fingerprint density at radius 3 is 2.61 bits per heavy atom. The molecule has 0 heterocycles. The van der Waals surface area contributed by atoms with Gasteiger partial charge in [0.05, 0.1) is 6.61 Å². The van der Waals surface area contributed by atoms with E-state index in [1.807, 2.05) is 73.7 Å². The maximum absolute atomic E-state index is 11.6. The zero-order valence-corrected chi connectivity index (χ0v) is 13.2. The third-order valence-electron chi connectivity index (χ3n) is 3.09. The molecule has 4 nitrogen and oxygen atoms in total. The summed E-state index contributed by atoms with van der Waals surface area (Å²) in [5.41, 5.74) is 1.94. The number of alkyl carbamates (subject to hydrolysis) is 1. The van der Waals surface area contributed by atoms with Gasteiger partial charge in [-0.3, -0.25) is 0 Å². The molecule has 2 aromatic rings. The molecule has 0 atom stereocenters. The number of nitrogens with one attached hydrogen (secondary N) is 1. The van der Waals surface area contributed by atoms with E-state index in [0.717, 1.165) is 16.9 Å². The molecule has 0 saturated heterocycles. The van der Waals surface area contributed by atoms with E-state index in [1.165, 1.54) is 0 Å². The molecule has 0 aliphatic heterocycles. The lowest BCUT2D eigenvalue weighted by molar-refractivity contribution is 0.141. The van der Waals surface area contributed by atoms with Gasteiger partial charge in [-0.05, 0) is 18.6 Å². The van der Waals surface area contributed by atoms with E-state index in [2.05, 4.69) is 5.32 Å². The molecule has 0 spiro atoms. The lowest BCUT2D eigenvalue weighted by Gasteiger charge is -2.07. The van der Waals surface area contributed by atoms with Crippen LogP contribution in [0, 0.1) is 0 Å². The molecule has 0 saturated carbocycles. The standard InChI is InChI=1S/C19H21NO3/c1-2-22-18-13-7-6-11-17(18)12-8-14-20-19(21)23-15-16-9-4-3-5-10-16/h3-13H,2,14-15H2,1H3,(H,20,21). The van der Waals surface area contributed by atoms with Gasteiger partial charge in [-0.25, -0.2) is 4.79 Å². The third-order valence-corrected chi connectivity index (χ3v) is 3.09. The fourth-order valence-electron chi connectivity index (χ4n) is 2.01. The van der Waals surface area contributed by atoms with Crippen LogP contribution < -0.4 is 10.1 Å². The van der Waals surface area contributed by atoms with Crippen molar-refractivity contribution in [1.82, 2.24) is 5.32 Å². The zero-order valence-electron chi connectivity index (χ0n) is 13.2. The van der Waals surface area contributed by atoms with Crippen LogP contribution in [0.25, 0.3) is 6.08 Å². The van der Waals surface area contributed by atoms with Gasteiger partial charge in [0.25, 0.3) is 0 Å². The van der Waals surface area contributed by atoms with Crippen LogP contribution in [-0.4, -0.2) is 19.2 Å². The molecule has 0 aliphatic rings. The van der Waals surface area contributed by atoms with Crippen molar-refractivity contribution in [1.29, 1.82) is 0 Å². The van der Waals surface area contributed by atoms with Crippen molar-refractivity contribution in [2.24, 2.45) is 0 Å². The van der Waals surface area contributed by atoms with Gasteiger partial charge in [-0.1, -0.05) is 60.7 Å². The number of carbonyl (C=O) groups is 1. The summed E-state index contributed by atoms with van der Waals surface area (Å²) in [4.78, 5) is 11.6. The average Bonchev–Trinajstić information content (AvgIpc) is 2.59. The average molecular weight is 311 g/mol. The van der Waals surface area contributed by atoms with Gasteiger partial charge >= 0.3 is 6.09 Å². The van der Waals surface area contributed by atoms with Crippen molar-refractivity contribution >= 4 is 12.2 Å². The van der Waals surface area contributed by atoms with E-state index in [9.17, 15) is 4.79 Å². The molecule has 2 rings (SSSR count). The molecule has 0 aliphatic carbocycles. The number of ether oxygens (including phenoxy) is 2. The number of hydrogen-bond acceptors (Lipinski definition) is 3. The Bertz CT molecular complexity index is 638. The molecule has 120 valence electrons. The van der Waals surface area contributed by atoms with Crippen molar-refractivity contribution in [2.45, 2.75) is 13.5 Å².